The van der Waals surface area contributed by atoms with E-state index in [1.807, 2.05) is 0 Å². The van der Waals surface area contributed by atoms with E-state index >= 15 is 0 Å². The minimum Gasteiger partial charge on any atom is -0.508 e. The van der Waals surface area contributed by atoms with Crippen molar-refractivity contribution in [2.45, 2.75) is 18.9 Å². The molecule has 1 aliphatic heterocycles. The van der Waals surface area contributed by atoms with Gasteiger partial charge in [-0.15, -0.1) is 0 Å². The maximum Gasteiger partial charge on any atom is 0.282 e. The second kappa shape index (κ2) is 5.66. The van der Waals surface area contributed by atoms with Crippen LogP contribution < -0.4 is 5.32 Å². The van der Waals surface area contributed by atoms with E-state index in [1.165, 1.54) is 6.07 Å². The zero-order valence-electron chi connectivity index (χ0n) is 10.2. The van der Waals surface area contributed by atoms with Crippen LogP contribution in [0, 0.1) is 10.1 Å². The van der Waals surface area contributed by atoms with E-state index in [0.29, 0.717) is 13.2 Å². The highest BCUT2D eigenvalue weighted by Crippen LogP contribution is 2.23. The molecule has 7 heteroatoms. The zero-order valence-corrected chi connectivity index (χ0v) is 10.2. The van der Waals surface area contributed by atoms with Crippen molar-refractivity contribution in [2.24, 2.45) is 0 Å². The third kappa shape index (κ3) is 3.19. The first-order chi connectivity index (χ1) is 9.08. The summed E-state index contributed by atoms with van der Waals surface area (Å²) in [6.07, 6.45) is 1.77. The second-order valence-electron chi connectivity index (χ2n) is 4.30. The van der Waals surface area contributed by atoms with E-state index in [0.717, 1.165) is 25.0 Å². The van der Waals surface area contributed by atoms with Crippen molar-refractivity contribution in [3.8, 4) is 5.75 Å². The van der Waals surface area contributed by atoms with Gasteiger partial charge in [-0.2, -0.15) is 0 Å². The Morgan fingerprint density at radius 2 is 2.37 bits per heavy atom. The summed E-state index contributed by atoms with van der Waals surface area (Å²) in [5.41, 5.74) is -0.481. The van der Waals surface area contributed by atoms with Crippen LogP contribution in [0.3, 0.4) is 0 Å². The third-order valence-electron chi connectivity index (χ3n) is 2.94. The summed E-state index contributed by atoms with van der Waals surface area (Å²) < 4.78 is 5.34. The molecule has 2 N–H and O–H groups in total. The van der Waals surface area contributed by atoms with E-state index in [1.54, 1.807) is 0 Å². The Hall–Kier alpha value is -2.15. The molecule has 0 aliphatic carbocycles. The van der Waals surface area contributed by atoms with Crippen LogP contribution in [0.1, 0.15) is 23.2 Å². The molecular weight excluding hydrogens is 252 g/mol. The van der Waals surface area contributed by atoms with E-state index in [4.69, 9.17) is 4.74 Å². The summed E-state index contributed by atoms with van der Waals surface area (Å²) in [4.78, 5) is 22.1. The maximum atomic E-state index is 11.9. The normalized spacial score (nSPS) is 18.2. The maximum absolute atomic E-state index is 11.9. The van der Waals surface area contributed by atoms with Gasteiger partial charge in [-0.1, -0.05) is 0 Å². The molecule has 7 nitrogen and oxygen atoms in total. The summed E-state index contributed by atoms with van der Waals surface area (Å²) in [6.45, 7) is 0.985. The number of phenols is 1. The first-order valence-electron chi connectivity index (χ1n) is 5.95. The number of carbonyl (C=O) groups is 1. The van der Waals surface area contributed by atoms with Gasteiger partial charge in [0, 0.05) is 19.2 Å². The molecule has 0 spiro atoms. The number of nitro groups is 1. The van der Waals surface area contributed by atoms with Crippen LogP contribution in [0.4, 0.5) is 5.69 Å². The second-order valence-corrected chi connectivity index (χ2v) is 4.30. The Morgan fingerprint density at radius 1 is 1.58 bits per heavy atom. The fourth-order valence-electron chi connectivity index (χ4n) is 1.97. The summed E-state index contributed by atoms with van der Waals surface area (Å²) in [6, 6.07) is 3.37. The minimum absolute atomic E-state index is 0.0414. The number of hydrogen-bond acceptors (Lipinski definition) is 5. The molecule has 1 atom stereocenters. The molecule has 0 radical (unpaired) electrons. The first-order valence-corrected chi connectivity index (χ1v) is 5.95. The summed E-state index contributed by atoms with van der Waals surface area (Å²) in [7, 11) is 0. The number of amides is 1. The Kier molecular flexibility index (Phi) is 3.96. The first kappa shape index (κ1) is 13.3. The Labute approximate surface area is 109 Å². The SMILES string of the molecule is O=C(NCC1CCCO1)c1cc(O)ccc1[N+](=O)[O-]. The Morgan fingerprint density at radius 3 is 3.00 bits per heavy atom. The van der Waals surface area contributed by atoms with Gasteiger partial charge in [0.05, 0.1) is 11.0 Å². The van der Waals surface area contributed by atoms with Crippen LogP contribution in [0.25, 0.3) is 0 Å². The summed E-state index contributed by atoms with van der Waals surface area (Å²) in [5.74, 6) is -0.772. The fourth-order valence-corrected chi connectivity index (χ4v) is 1.97. The molecule has 1 aromatic rings. The molecule has 2 rings (SSSR count). The van der Waals surface area contributed by atoms with Gasteiger partial charge in [0.15, 0.2) is 0 Å². The van der Waals surface area contributed by atoms with Gasteiger partial charge in [0.2, 0.25) is 0 Å². The number of carbonyl (C=O) groups excluding carboxylic acids is 1. The summed E-state index contributed by atoms with van der Waals surface area (Å²) in [5, 5.41) is 22.7. The average Bonchev–Trinajstić information content (AvgIpc) is 2.88. The fraction of sp³-hybridized carbons (Fsp3) is 0.417. The minimum atomic E-state index is -0.652. The van der Waals surface area contributed by atoms with Crippen LogP contribution in [0.15, 0.2) is 18.2 Å². The predicted molar refractivity (Wildman–Crippen MR) is 66.1 cm³/mol. The molecule has 102 valence electrons. The van der Waals surface area contributed by atoms with Crippen LogP contribution in [0.2, 0.25) is 0 Å². The van der Waals surface area contributed by atoms with Crippen molar-refractivity contribution in [3.05, 3.63) is 33.9 Å². The van der Waals surface area contributed by atoms with Crippen molar-refractivity contribution >= 4 is 11.6 Å². The molecule has 1 fully saturated rings. The number of rotatable bonds is 4. The highest BCUT2D eigenvalue weighted by molar-refractivity contribution is 5.98. The average molecular weight is 266 g/mol. The van der Waals surface area contributed by atoms with Gasteiger partial charge >= 0.3 is 0 Å². The quantitative estimate of drug-likeness (QED) is 0.630. The van der Waals surface area contributed by atoms with Gasteiger partial charge in [0.1, 0.15) is 11.3 Å². The number of aromatic hydroxyl groups is 1. The number of nitrogens with one attached hydrogen (secondary N) is 1. The number of nitro benzene ring substituents is 1. The van der Waals surface area contributed by atoms with Crippen molar-refractivity contribution in [3.63, 3.8) is 0 Å². The smallest absolute Gasteiger partial charge is 0.282 e. The van der Waals surface area contributed by atoms with Crippen molar-refractivity contribution < 1.29 is 19.6 Å². The lowest BCUT2D eigenvalue weighted by Crippen LogP contribution is -2.32. The monoisotopic (exact) mass is 266 g/mol. The lowest BCUT2D eigenvalue weighted by molar-refractivity contribution is -0.385. The van der Waals surface area contributed by atoms with E-state index in [-0.39, 0.29) is 23.1 Å². The highest BCUT2D eigenvalue weighted by atomic mass is 16.6. The van der Waals surface area contributed by atoms with Crippen LogP contribution in [0.5, 0.6) is 5.75 Å². The van der Waals surface area contributed by atoms with Gasteiger partial charge in [-0.3, -0.25) is 14.9 Å². The molecule has 1 aliphatic rings. The van der Waals surface area contributed by atoms with Gasteiger partial charge < -0.3 is 15.2 Å². The van der Waals surface area contributed by atoms with Gasteiger partial charge in [-0.05, 0) is 25.0 Å². The summed E-state index contributed by atoms with van der Waals surface area (Å²) >= 11 is 0. The Balaban J connectivity index is 2.08. The molecule has 1 saturated heterocycles. The standard InChI is InChI=1S/C12H14N2O5/c15-8-3-4-11(14(17)18)10(6-8)12(16)13-7-9-2-1-5-19-9/h3-4,6,9,15H,1-2,5,7H2,(H,13,16). The topological polar surface area (TPSA) is 102 Å². The molecule has 1 amide bonds. The molecule has 1 unspecified atom stereocenters. The largest absolute Gasteiger partial charge is 0.508 e. The molecule has 1 heterocycles. The number of ether oxygens (including phenoxy) is 1. The molecular formula is C12H14N2O5. The van der Waals surface area contributed by atoms with E-state index in [9.17, 15) is 20.0 Å². The number of hydrogen-bond donors (Lipinski definition) is 2. The molecule has 0 saturated carbocycles. The van der Waals surface area contributed by atoms with Crippen LogP contribution in [-0.2, 0) is 4.74 Å². The predicted octanol–water partition coefficient (Wildman–Crippen LogP) is 1.21. The Bertz CT molecular complexity index is 497. The van der Waals surface area contributed by atoms with Gasteiger partial charge in [0.25, 0.3) is 11.6 Å². The lowest BCUT2D eigenvalue weighted by Gasteiger charge is -2.11. The van der Waals surface area contributed by atoms with Crippen molar-refractivity contribution in [1.29, 1.82) is 0 Å². The highest BCUT2D eigenvalue weighted by Gasteiger charge is 2.22. The van der Waals surface area contributed by atoms with E-state index < -0.39 is 10.8 Å². The number of nitrogens with zero attached hydrogens (tertiary/aromatic N) is 1. The van der Waals surface area contributed by atoms with E-state index in [2.05, 4.69) is 5.32 Å². The molecule has 1 aromatic carbocycles. The lowest BCUT2D eigenvalue weighted by atomic mass is 10.1. The number of phenolic OH excluding ortho intramolecular Hbond substituents is 1. The molecule has 0 bridgehead atoms. The van der Waals surface area contributed by atoms with Crippen molar-refractivity contribution in [1.82, 2.24) is 5.32 Å². The zero-order chi connectivity index (χ0) is 13.8. The van der Waals surface area contributed by atoms with Gasteiger partial charge in [-0.25, -0.2) is 0 Å². The number of benzene rings is 1. The molecule has 0 aromatic heterocycles. The van der Waals surface area contributed by atoms with Crippen molar-refractivity contribution in [2.75, 3.05) is 13.2 Å². The van der Waals surface area contributed by atoms with Crippen LogP contribution >= 0.6 is 0 Å². The third-order valence-corrected chi connectivity index (χ3v) is 2.94. The molecule has 19 heavy (non-hydrogen) atoms. The van der Waals surface area contributed by atoms with Crippen LogP contribution in [-0.4, -0.2) is 35.2 Å².